The zero-order valence-corrected chi connectivity index (χ0v) is 21.4. The molecule has 3 aromatic carbocycles. The maximum atomic E-state index is 10.6. The summed E-state index contributed by atoms with van der Waals surface area (Å²) in [4.78, 5) is 8.74. The number of ether oxygens (including phenoxy) is 5. The molecule has 4 aromatic rings. The second kappa shape index (κ2) is 11.6. The number of nitrogens with zero attached hydrogens (tertiary/aromatic N) is 3. The van der Waals surface area contributed by atoms with E-state index in [9.17, 15) is 5.26 Å². The quantitative estimate of drug-likeness (QED) is 0.295. The maximum Gasteiger partial charge on any atom is 0.320 e. The SMILES string of the molecule is COc1nc(OC)c2ccc(C3(C#N)OC(COCc4ccccc4)CC3OCc3ccccc3)cc2n1. The van der Waals surface area contributed by atoms with Gasteiger partial charge in [0.05, 0.1) is 51.0 Å². The Morgan fingerprint density at radius 3 is 2.29 bits per heavy atom. The molecule has 1 saturated heterocycles. The van der Waals surface area contributed by atoms with Gasteiger partial charge in [0.25, 0.3) is 0 Å². The molecule has 8 heteroatoms. The van der Waals surface area contributed by atoms with E-state index < -0.39 is 11.7 Å². The van der Waals surface area contributed by atoms with Crippen LogP contribution in [0.3, 0.4) is 0 Å². The summed E-state index contributed by atoms with van der Waals surface area (Å²) < 4.78 is 29.5. The molecule has 8 nitrogen and oxygen atoms in total. The van der Waals surface area contributed by atoms with Gasteiger partial charge in [-0.15, -0.1) is 0 Å². The fourth-order valence-electron chi connectivity index (χ4n) is 4.71. The lowest BCUT2D eigenvalue weighted by Crippen LogP contribution is -2.37. The van der Waals surface area contributed by atoms with Crippen LogP contribution in [0.1, 0.15) is 23.1 Å². The Balaban J connectivity index is 1.44. The molecule has 2 heterocycles. The Morgan fingerprint density at radius 1 is 0.921 bits per heavy atom. The highest BCUT2D eigenvalue weighted by atomic mass is 16.6. The van der Waals surface area contributed by atoms with Gasteiger partial charge in [0.1, 0.15) is 12.2 Å². The second-order valence-corrected chi connectivity index (χ2v) is 9.06. The summed E-state index contributed by atoms with van der Waals surface area (Å²) in [6, 6.07) is 27.9. The second-order valence-electron chi connectivity index (χ2n) is 9.06. The molecule has 0 radical (unpaired) electrons. The number of aromatic nitrogens is 2. The van der Waals surface area contributed by atoms with Crippen LogP contribution in [0.25, 0.3) is 10.9 Å². The fraction of sp³-hybridized carbons (Fsp3) is 0.300. The van der Waals surface area contributed by atoms with Crippen LogP contribution in [0, 0.1) is 11.3 Å². The lowest BCUT2D eigenvalue weighted by atomic mass is 9.88. The summed E-state index contributed by atoms with van der Waals surface area (Å²) in [7, 11) is 3.04. The van der Waals surface area contributed by atoms with Crippen molar-refractivity contribution < 1.29 is 23.7 Å². The highest BCUT2D eigenvalue weighted by molar-refractivity contribution is 5.84. The van der Waals surface area contributed by atoms with Crippen LogP contribution in [0.2, 0.25) is 0 Å². The van der Waals surface area contributed by atoms with Gasteiger partial charge in [-0.3, -0.25) is 0 Å². The third-order valence-electron chi connectivity index (χ3n) is 6.60. The van der Waals surface area contributed by atoms with E-state index in [-0.39, 0.29) is 12.1 Å². The van der Waals surface area contributed by atoms with Crippen molar-refractivity contribution in [3.8, 4) is 18.0 Å². The van der Waals surface area contributed by atoms with E-state index >= 15 is 0 Å². The number of fused-ring (bicyclic) bond motifs is 1. The van der Waals surface area contributed by atoms with Gasteiger partial charge in [-0.25, -0.2) is 0 Å². The average molecular weight is 512 g/mol. The van der Waals surface area contributed by atoms with Crippen LogP contribution in [0.5, 0.6) is 11.9 Å². The molecule has 0 amide bonds. The van der Waals surface area contributed by atoms with Gasteiger partial charge in [0.15, 0.2) is 0 Å². The molecule has 0 aliphatic carbocycles. The largest absolute Gasteiger partial charge is 0.480 e. The molecule has 194 valence electrons. The Kier molecular flexibility index (Phi) is 7.80. The number of rotatable bonds is 10. The van der Waals surface area contributed by atoms with Crippen molar-refractivity contribution in [2.24, 2.45) is 0 Å². The predicted octanol–water partition coefficient (Wildman–Crippen LogP) is 4.96. The van der Waals surface area contributed by atoms with Gasteiger partial charge in [-0.2, -0.15) is 15.2 Å². The first kappa shape index (κ1) is 25.6. The van der Waals surface area contributed by atoms with Crippen molar-refractivity contribution in [3.63, 3.8) is 0 Å². The van der Waals surface area contributed by atoms with Gasteiger partial charge in [0.2, 0.25) is 11.5 Å². The number of benzene rings is 3. The first-order valence-corrected chi connectivity index (χ1v) is 12.4. The predicted molar refractivity (Wildman–Crippen MR) is 141 cm³/mol. The Morgan fingerprint density at radius 2 is 1.63 bits per heavy atom. The summed E-state index contributed by atoms with van der Waals surface area (Å²) in [6.07, 6.45) is -0.352. The lowest BCUT2D eigenvalue weighted by Gasteiger charge is -2.28. The van der Waals surface area contributed by atoms with E-state index in [1.54, 1.807) is 7.11 Å². The molecule has 0 N–H and O–H groups in total. The van der Waals surface area contributed by atoms with E-state index in [2.05, 4.69) is 16.0 Å². The van der Waals surface area contributed by atoms with Crippen molar-refractivity contribution in [2.45, 2.75) is 37.4 Å². The van der Waals surface area contributed by atoms with Crippen LogP contribution in [-0.4, -0.2) is 43.0 Å². The van der Waals surface area contributed by atoms with E-state index in [1.807, 2.05) is 78.9 Å². The molecule has 5 rings (SSSR count). The maximum absolute atomic E-state index is 10.6. The molecule has 1 fully saturated rings. The van der Waals surface area contributed by atoms with Crippen molar-refractivity contribution in [1.29, 1.82) is 5.26 Å². The molecular formula is C30H29N3O5. The standard InChI is InChI=1S/C30H29N3O5/c1-34-28-25-14-13-23(15-26(25)32-29(33-28)35-2)30(20-31)27(37-18-22-11-7-4-8-12-22)16-24(38-30)19-36-17-21-9-5-3-6-10-21/h3-15,24,27H,16-19H2,1-2H3. The first-order chi connectivity index (χ1) is 18.6. The Labute approximate surface area is 221 Å². The van der Waals surface area contributed by atoms with E-state index in [1.165, 1.54) is 7.11 Å². The molecule has 0 saturated carbocycles. The van der Waals surface area contributed by atoms with Crippen LogP contribution in [0.4, 0.5) is 0 Å². The van der Waals surface area contributed by atoms with E-state index in [0.717, 1.165) is 11.1 Å². The molecule has 3 unspecified atom stereocenters. The normalized spacial score (nSPS) is 20.8. The highest BCUT2D eigenvalue weighted by Crippen LogP contribution is 2.43. The van der Waals surface area contributed by atoms with Crippen molar-refractivity contribution >= 4 is 10.9 Å². The van der Waals surface area contributed by atoms with Crippen LogP contribution in [0.15, 0.2) is 78.9 Å². The zero-order chi connectivity index (χ0) is 26.4. The summed E-state index contributed by atoms with van der Waals surface area (Å²) in [5.41, 5.74) is 1.96. The lowest BCUT2D eigenvalue weighted by molar-refractivity contribution is -0.0906. The molecule has 1 aliphatic rings. The monoisotopic (exact) mass is 511 g/mol. The fourth-order valence-corrected chi connectivity index (χ4v) is 4.71. The van der Waals surface area contributed by atoms with Gasteiger partial charge < -0.3 is 23.7 Å². The molecule has 3 atom stereocenters. The van der Waals surface area contributed by atoms with Gasteiger partial charge in [0, 0.05) is 12.0 Å². The molecular weight excluding hydrogens is 482 g/mol. The van der Waals surface area contributed by atoms with Crippen LogP contribution >= 0.6 is 0 Å². The molecule has 0 bridgehead atoms. The van der Waals surface area contributed by atoms with Crippen molar-refractivity contribution in [3.05, 3.63) is 95.6 Å². The third-order valence-corrected chi connectivity index (χ3v) is 6.60. The summed E-state index contributed by atoms with van der Waals surface area (Å²) >= 11 is 0. The molecule has 1 aromatic heterocycles. The minimum atomic E-state index is -1.35. The summed E-state index contributed by atoms with van der Waals surface area (Å²) in [6.45, 7) is 1.15. The van der Waals surface area contributed by atoms with Crippen molar-refractivity contribution in [1.82, 2.24) is 9.97 Å². The summed E-state index contributed by atoms with van der Waals surface area (Å²) in [5, 5.41) is 11.3. The number of methoxy groups -OCH3 is 2. The topological polar surface area (TPSA) is 95.7 Å². The Hall–Kier alpha value is -4.03. The van der Waals surface area contributed by atoms with E-state index in [0.29, 0.717) is 48.6 Å². The number of hydrogen-bond acceptors (Lipinski definition) is 8. The molecule has 1 aliphatic heterocycles. The van der Waals surface area contributed by atoms with E-state index in [4.69, 9.17) is 23.7 Å². The third kappa shape index (κ3) is 5.31. The highest BCUT2D eigenvalue weighted by Gasteiger charge is 2.52. The average Bonchev–Trinajstić information content (AvgIpc) is 3.34. The zero-order valence-electron chi connectivity index (χ0n) is 21.4. The number of hydrogen-bond donors (Lipinski definition) is 0. The van der Waals surface area contributed by atoms with Gasteiger partial charge in [-0.1, -0.05) is 66.7 Å². The first-order valence-electron chi connectivity index (χ1n) is 12.4. The summed E-state index contributed by atoms with van der Waals surface area (Å²) in [5.74, 6) is 0.390. The minimum Gasteiger partial charge on any atom is -0.480 e. The Bertz CT molecular complexity index is 1410. The van der Waals surface area contributed by atoms with Crippen LogP contribution in [-0.2, 0) is 33.0 Å². The molecule has 38 heavy (non-hydrogen) atoms. The van der Waals surface area contributed by atoms with Crippen molar-refractivity contribution in [2.75, 3.05) is 20.8 Å². The smallest absolute Gasteiger partial charge is 0.320 e. The number of nitriles is 1. The minimum absolute atomic E-state index is 0.175. The van der Waals surface area contributed by atoms with Crippen LogP contribution < -0.4 is 9.47 Å². The van der Waals surface area contributed by atoms with Gasteiger partial charge in [-0.05, 0) is 23.3 Å². The molecule has 0 spiro atoms. The van der Waals surface area contributed by atoms with Gasteiger partial charge >= 0.3 is 6.01 Å².